The van der Waals surface area contributed by atoms with Gasteiger partial charge in [0.25, 0.3) is 0 Å². The van der Waals surface area contributed by atoms with Gasteiger partial charge in [-0.05, 0) is 55.3 Å². The highest BCUT2D eigenvalue weighted by atomic mass is 19.1. The van der Waals surface area contributed by atoms with Crippen LogP contribution < -0.4 is 5.32 Å². The van der Waals surface area contributed by atoms with E-state index in [9.17, 15) is 9.18 Å². The van der Waals surface area contributed by atoms with Gasteiger partial charge in [0.15, 0.2) is 5.78 Å². The average molecular weight is 269 g/mol. The van der Waals surface area contributed by atoms with Gasteiger partial charge in [0.05, 0.1) is 0 Å². The van der Waals surface area contributed by atoms with Crippen molar-refractivity contribution in [3.63, 3.8) is 0 Å². The minimum atomic E-state index is -0.348. The molecule has 0 atom stereocenters. The summed E-state index contributed by atoms with van der Waals surface area (Å²) in [5.74, 6) is -0.512. The second kappa shape index (κ2) is 6.15. The summed E-state index contributed by atoms with van der Waals surface area (Å²) in [7, 11) is 0. The zero-order valence-electron chi connectivity index (χ0n) is 11.5. The van der Waals surface area contributed by atoms with Crippen molar-refractivity contribution in [1.82, 2.24) is 0 Å². The van der Waals surface area contributed by atoms with Crippen molar-refractivity contribution >= 4 is 11.5 Å². The van der Waals surface area contributed by atoms with Crippen molar-refractivity contribution in [2.24, 2.45) is 0 Å². The van der Waals surface area contributed by atoms with Gasteiger partial charge in [-0.1, -0.05) is 12.1 Å². The number of nitrogens with one attached hydrogen (secondary N) is 1. The Kier molecular flexibility index (Phi) is 4.31. The first-order valence-corrected chi connectivity index (χ1v) is 6.36. The Hall–Kier alpha value is -2.42. The number of carbonyl (C=O) groups is 1. The summed E-state index contributed by atoms with van der Waals surface area (Å²) in [5.41, 5.74) is 3.68. The van der Waals surface area contributed by atoms with Crippen LogP contribution in [0, 0.1) is 19.7 Å². The van der Waals surface area contributed by atoms with Gasteiger partial charge >= 0.3 is 0 Å². The molecule has 0 aliphatic rings. The van der Waals surface area contributed by atoms with E-state index >= 15 is 0 Å². The molecule has 0 aliphatic heterocycles. The summed E-state index contributed by atoms with van der Waals surface area (Å²) >= 11 is 0. The number of anilines is 1. The Morgan fingerprint density at radius 3 is 2.50 bits per heavy atom. The first-order valence-electron chi connectivity index (χ1n) is 6.36. The summed E-state index contributed by atoms with van der Waals surface area (Å²) in [6.45, 7) is 4.01. The second-order valence-corrected chi connectivity index (χ2v) is 4.67. The van der Waals surface area contributed by atoms with Crippen LogP contribution in [0.1, 0.15) is 21.5 Å². The van der Waals surface area contributed by atoms with Crippen LogP contribution in [0.2, 0.25) is 0 Å². The van der Waals surface area contributed by atoms with E-state index in [1.54, 1.807) is 6.20 Å². The highest BCUT2D eigenvalue weighted by Gasteiger charge is 2.01. The Balaban J connectivity index is 2.04. The lowest BCUT2D eigenvalue weighted by atomic mass is 10.1. The van der Waals surface area contributed by atoms with Crippen molar-refractivity contribution in [3.05, 3.63) is 77.2 Å². The number of hydrogen-bond donors (Lipinski definition) is 1. The maximum atomic E-state index is 12.8. The number of allylic oxidation sites excluding steroid dienone is 1. The summed E-state index contributed by atoms with van der Waals surface area (Å²) in [4.78, 5) is 11.8. The van der Waals surface area contributed by atoms with Crippen LogP contribution in [0.5, 0.6) is 0 Å². The molecule has 0 heterocycles. The third kappa shape index (κ3) is 3.54. The molecule has 102 valence electrons. The number of benzene rings is 2. The first-order chi connectivity index (χ1) is 9.56. The molecule has 0 spiro atoms. The number of carbonyl (C=O) groups excluding carboxylic acids is 1. The highest BCUT2D eigenvalue weighted by Crippen LogP contribution is 2.16. The van der Waals surface area contributed by atoms with E-state index in [0.29, 0.717) is 5.56 Å². The van der Waals surface area contributed by atoms with Gasteiger partial charge < -0.3 is 5.32 Å². The van der Waals surface area contributed by atoms with Gasteiger partial charge in [0.1, 0.15) is 5.82 Å². The van der Waals surface area contributed by atoms with Crippen molar-refractivity contribution in [1.29, 1.82) is 0 Å². The summed E-state index contributed by atoms with van der Waals surface area (Å²) in [6, 6.07) is 11.6. The maximum Gasteiger partial charge on any atom is 0.187 e. The van der Waals surface area contributed by atoms with Gasteiger partial charge in [-0.25, -0.2) is 4.39 Å². The number of hydrogen-bond acceptors (Lipinski definition) is 2. The molecule has 2 rings (SSSR count). The molecule has 1 N–H and O–H groups in total. The molecular formula is C17H16FNO. The fraction of sp³-hybridized carbons (Fsp3) is 0.118. The van der Waals surface area contributed by atoms with Crippen LogP contribution in [0.25, 0.3) is 0 Å². The minimum Gasteiger partial charge on any atom is -0.361 e. The predicted octanol–water partition coefficient (Wildman–Crippen LogP) is 4.25. The molecular weight excluding hydrogens is 253 g/mol. The van der Waals surface area contributed by atoms with Crippen LogP contribution in [0.15, 0.2) is 54.7 Å². The van der Waals surface area contributed by atoms with E-state index in [1.807, 2.05) is 32.0 Å². The fourth-order valence-electron chi connectivity index (χ4n) is 1.81. The molecule has 2 nitrogen and oxygen atoms in total. The van der Waals surface area contributed by atoms with Crippen molar-refractivity contribution in [3.8, 4) is 0 Å². The third-order valence-corrected chi connectivity index (χ3v) is 3.00. The molecule has 0 amide bonds. The lowest BCUT2D eigenvalue weighted by Crippen LogP contribution is -1.97. The fourth-order valence-corrected chi connectivity index (χ4v) is 1.81. The lowest BCUT2D eigenvalue weighted by Gasteiger charge is -2.06. The topological polar surface area (TPSA) is 29.1 Å². The number of rotatable bonds is 4. The van der Waals surface area contributed by atoms with Gasteiger partial charge in [-0.3, -0.25) is 4.79 Å². The summed E-state index contributed by atoms with van der Waals surface area (Å²) in [5, 5.41) is 3.09. The molecule has 0 fully saturated rings. The zero-order valence-corrected chi connectivity index (χ0v) is 11.5. The Bertz CT molecular complexity index is 645. The van der Waals surface area contributed by atoms with E-state index in [0.717, 1.165) is 16.8 Å². The molecule has 0 bridgehead atoms. The van der Waals surface area contributed by atoms with Crippen LogP contribution in [-0.4, -0.2) is 5.78 Å². The standard InChI is InChI=1S/C17H16FNO/c1-12-3-4-13(2)16(11-12)19-10-9-17(20)14-5-7-15(18)8-6-14/h3-11,19H,1-2H3/b10-9+. The monoisotopic (exact) mass is 269 g/mol. The molecule has 2 aromatic rings. The summed E-state index contributed by atoms with van der Waals surface area (Å²) in [6.07, 6.45) is 3.04. The number of aryl methyl sites for hydroxylation is 2. The van der Waals surface area contributed by atoms with E-state index in [1.165, 1.54) is 30.3 Å². The van der Waals surface area contributed by atoms with Gasteiger partial charge in [0.2, 0.25) is 0 Å². The molecule has 0 saturated carbocycles. The van der Waals surface area contributed by atoms with Crippen LogP contribution in [0.3, 0.4) is 0 Å². The molecule has 0 radical (unpaired) electrons. The largest absolute Gasteiger partial charge is 0.361 e. The SMILES string of the molecule is Cc1ccc(C)c(N/C=C/C(=O)c2ccc(F)cc2)c1. The normalized spacial score (nSPS) is 10.8. The van der Waals surface area contributed by atoms with E-state index in [-0.39, 0.29) is 11.6 Å². The number of ketones is 1. The molecule has 20 heavy (non-hydrogen) atoms. The predicted molar refractivity (Wildman–Crippen MR) is 79.4 cm³/mol. The van der Waals surface area contributed by atoms with Crippen molar-refractivity contribution < 1.29 is 9.18 Å². The molecule has 0 aromatic heterocycles. The van der Waals surface area contributed by atoms with Crippen molar-refractivity contribution in [2.75, 3.05) is 5.32 Å². The quantitative estimate of drug-likeness (QED) is 0.664. The smallest absolute Gasteiger partial charge is 0.187 e. The Labute approximate surface area is 118 Å². The van der Waals surface area contributed by atoms with E-state index in [2.05, 4.69) is 5.32 Å². The van der Waals surface area contributed by atoms with E-state index < -0.39 is 0 Å². The van der Waals surface area contributed by atoms with Crippen LogP contribution in [-0.2, 0) is 0 Å². The van der Waals surface area contributed by atoms with Gasteiger partial charge in [-0.2, -0.15) is 0 Å². The summed E-state index contributed by atoms with van der Waals surface area (Å²) < 4.78 is 12.8. The van der Waals surface area contributed by atoms with Crippen LogP contribution in [0.4, 0.5) is 10.1 Å². The van der Waals surface area contributed by atoms with Gasteiger partial charge in [-0.15, -0.1) is 0 Å². The molecule has 2 aromatic carbocycles. The third-order valence-electron chi connectivity index (χ3n) is 3.00. The molecule has 0 saturated heterocycles. The maximum absolute atomic E-state index is 12.8. The minimum absolute atomic E-state index is 0.164. The highest BCUT2D eigenvalue weighted by molar-refractivity contribution is 6.04. The number of halogens is 1. The van der Waals surface area contributed by atoms with E-state index in [4.69, 9.17) is 0 Å². The average Bonchev–Trinajstić information content (AvgIpc) is 2.43. The lowest BCUT2D eigenvalue weighted by molar-refractivity contribution is 0.104. The van der Waals surface area contributed by atoms with Crippen molar-refractivity contribution in [2.45, 2.75) is 13.8 Å². The Morgan fingerprint density at radius 1 is 1.10 bits per heavy atom. The molecule has 0 unspecified atom stereocenters. The second-order valence-electron chi connectivity index (χ2n) is 4.67. The molecule has 3 heteroatoms. The molecule has 0 aliphatic carbocycles. The first kappa shape index (κ1) is 14.0. The zero-order chi connectivity index (χ0) is 14.5. The van der Waals surface area contributed by atoms with Crippen LogP contribution >= 0.6 is 0 Å². The Morgan fingerprint density at radius 2 is 1.80 bits per heavy atom. The van der Waals surface area contributed by atoms with Gasteiger partial charge in [0, 0.05) is 23.5 Å².